The van der Waals surface area contributed by atoms with Gasteiger partial charge in [-0.1, -0.05) is 17.7 Å². The van der Waals surface area contributed by atoms with E-state index in [0.29, 0.717) is 43.5 Å². The highest BCUT2D eigenvalue weighted by Crippen LogP contribution is 2.27. The first kappa shape index (κ1) is 23.5. The number of rotatable bonds is 6. The first-order valence-electron chi connectivity index (χ1n) is 11.1. The summed E-state index contributed by atoms with van der Waals surface area (Å²) >= 11 is 0. The fourth-order valence-electron chi connectivity index (χ4n) is 4.47. The van der Waals surface area contributed by atoms with Gasteiger partial charge in [0, 0.05) is 38.3 Å². The Bertz CT molecular complexity index is 1220. The summed E-state index contributed by atoms with van der Waals surface area (Å²) in [6.07, 6.45) is 0. The molecular formula is C25H31N3O4S. The number of benzene rings is 2. The Kier molecular flexibility index (Phi) is 6.61. The molecule has 7 nitrogen and oxygen atoms in total. The second-order valence-electron chi connectivity index (χ2n) is 8.66. The molecule has 1 aliphatic heterocycles. The van der Waals surface area contributed by atoms with Crippen molar-refractivity contribution < 1.29 is 17.6 Å². The lowest BCUT2D eigenvalue weighted by Gasteiger charge is -2.34. The highest BCUT2D eigenvalue weighted by molar-refractivity contribution is 7.89. The summed E-state index contributed by atoms with van der Waals surface area (Å²) in [6.45, 7) is 10.5. The van der Waals surface area contributed by atoms with Crippen LogP contribution in [0.15, 0.2) is 45.7 Å². The van der Waals surface area contributed by atoms with E-state index < -0.39 is 10.0 Å². The van der Waals surface area contributed by atoms with Gasteiger partial charge in [0.2, 0.25) is 15.9 Å². The molecule has 0 atom stereocenters. The Morgan fingerprint density at radius 1 is 0.970 bits per heavy atom. The highest BCUT2D eigenvalue weighted by Gasteiger charge is 2.31. The Morgan fingerprint density at radius 3 is 2.15 bits per heavy atom. The molecule has 176 valence electrons. The van der Waals surface area contributed by atoms with Crippen LogP contribution >= 0.6 is 0 Å². The first-order chi connectivity index (χ1) is 15.7. The molecule has 0 radical (unpaired) electrons. The number of oxazole rings is 1. The third-order valence-electron chi connectivity index (χ3n) is 6.14. The number of ether oxygens (including phenoxy) is 1. The average Bonchev–Trinajstić information content (AvgIpc) is 3.13. The van der Waals surface area contributed by atoms with Gasteiger partial charge < -0.3 is 9.15 Å². The summed E-state index contributed by atoms with van der Waals surface area (Å²) in [5.41, 5.74) is 4.46. The van der Waals surface area contributed by atoms with Crippen LogP contribution in [-0.2, 0) is 16.6 Å². The van der Waals surface area contributed by atoms with Crippen molar-refractivity contribution in [1.82, 2.24) is 14.2 Å². The van der Waals surface area contributed by atoms with E-state index in [4.69, 9.17) is 14.1 Å². The number of hydrogen-bond acceptors (Lipinski definition) is 6. The van der Waals surface area contributed by atoms with E-state index in [1.807, 2.05) is 64.1 Å². The third kappa shape index (κ3) is 4.83. The van der Waals surface area contributed by atoms with Gasteiger partial charge in [0.25, 0.3) is 0 Å². The van der Waals surface area contributed by atoms with Gasteiger partial charge in [0.05, 0.1) is 17.7 Å². The molecule has 0 aliphatic carbocycles. The summed E-state index contributed by atoms with van der Waals surface area (Å²) in [7, 11) is -1.88. The van der Waals surface area contributed by atoms with Crippen LogP contribution in [0.4, 0.5) is 0 Å². The molecule has 0 unspecified atom stereocenters. The number of aromatic nitrogens is 1. The summed E-state index contributed by atoms with van der Waals surface area (Å²) in [5.74, 6) is 2.14. The zero-order valence-electron chi connectivity index (χ0n) is 19.9. The van der Waals surface area contributed by atoms with Crippen LogP contribution < -0.4 is 4.74 Å². The Morgan fingerprint density at radius 2 is 1.58 bits per heavy atom. The zero-order valence-corrected chi connectivity index (χ0v) is 20.7. The standard InChI is InChI=1S/C25H31N3O4S/c1-17-14-18(2)24(19(3)15-17)33(29,30)28-12-10-27(11-13-28)16-23-20(4)32-25(26-23)21-6-8-22(31-5)9-7-21/h6-9,14-15H,10-13,16H2,1-5H3. The normalized spacial score (nSPS) is 15.7. The number of nitrogens with zero attached hydrogens (tertiary/aromatic N) is 3. The molecule has 1 aliphatic rings. The van der Waals surface area contributed by atoms with Gasteiger partial charge in [0.1, 0.15) is 11.5 Å². The molecule has 0 saturated carbocycles. The van der Waals surface area contributed by atoms with Crippen LogP contribution in [0.5, 0.6) is 5.75 Å². The summed E-state index contributed by atoms with van der Waals surface area (Å²) in [5, 5.41) is 0. The van der Waals surface area contributed by atoms with Crippen molar-refractivity contribution in [3.05, 3.63) is 64.5 Å². The smallest absolute Gasteiger partial charge is 0.243 e. The minimum atomic E-state index is -3.52. The predicted octanol–water partition coefficient (Wildman–Crippen LogP) is 4.09. The van der Waals surface area contributed by atoms with Gasteiger partial charge in [-0.25, -0.2) is 13.4 Å². The van der Waals surface area contributed by atoms with E-state index in [1.165, 1.54) is 0 Å². The molecule has 3 aromatic rings. The molecule has 8 heteroatoms. The lowest BCUT2D eigenvalue weighted by atomic mass is 10.1. The van der Waals surface area contributed by atoms with Crippen LogP contribution in [0.25, 0.3) is 11.5 Å². The van der Waals surface area contributed by atoms with E-state index in [2.05, 4.69) is 4.90 Å². The quantitative estimate of drug-likeness (QED) is 0.541. The van der Waals surface area contributed by atoms with Crippen LogP contribution in [-0.4, -0.2) is 55.9 Å². The van der Waals surface area contributed by atoms with Crippen molar-refractivity contribution in [3.8, 4) is 17.2 Å². The van der Waals surface area contributed by atoms with E-state index in [9.17, 15) is 8.42 Å². The topological polar surface area (TPSA) is 75.9 Å². The van der Waals surface area contributed by atoms with Crippen LogP contribution in [0.2, 0.25) is 0 Å². The summed E-state index contributed by atoms with van der Waals surface area (Å²) in [4.78, 5) is 7.36. The molecule has 4 rings (SSSR count). The van der Waals surface area contributed by atoms with Crippen LogP contribution in [0, 0.1) is 27.7 Å². The molecule has 2 aromatic carbocycles. The maximum absolute atomic E-state index is 13.3. The number of methoxy groups -OCH3 is 1. The highest BCUT2D eigenvalue weighted by atomic mass is 32.2. The average molecular weight is 470 g/mol. The lowest BCUT2D eigenvalue weighted by Crippen LogP contribution is -2.48. The van der Waals surface area contributed by atoms with Gasteiger partial charge in [-0.05, 0) is 63.1 Å². The molecule has 0 bridgehead atoms. The van der Waals surface area contributed by atoms with Crippen molar-refractivity contribution >= 4 is 10.0 Å². The van der Waals surface area contributed by atoms with Gasteiger partial charge >= 0.3 is 0 Å². The van der Waals surface area contributed by atoms with Crippen molar-refractivity contribution in [3.63, 3.8) is 0 Å². The molecule has 0 N–H and O–H groups in total. The summed E-state index contributed by atoms with van der Waals surface area (Å²) < 4.78 is 39.4. The molecule has 1 saturated heterocycles. The third-order valence-corrected chi connectivity index (χ3v) is 8.34. The van der Waals surface area contributed by atoms with Crippen molar-refractivity contribution in [2.24, 2.45) is 0 Å². The van der Waals surface area contributed by atoms with Crippen LogP contribution in [0.1, 0.15) is 28.1 Å². The second-order valence-corrected chi connectivity index (χ2v) is 10.5. The second kappa shape index (κ2) is 9.29. The minimum Gasteiger partial charge on any atom is -0.497 e. The van der Waals surface area contributed by atoms with E-state index in [1.54, 1.807) is 11.4 Å². The first-order valence-corrected chi connectivity index (χ1v) is 12.5. The number of piperazine rings is 1. The van der Waals surface area contributed by atoms with Gasteiger partial charge in [0.15, 0.2) is 0 Å². The SMILES string of the molecule is COc1ccc(-c2nc(CN3CCN(S(=O)(=O)c4c(C)cc(C)cc4C)CC3)c(C)o2)cc1. The number of sulfonamides is 1. The van der Waals surface area contributed by atoms with Crippen LogP contribution in [0.3, 0.4) is 0 Å². The van der Waals surface area contributed by atoms with E-state index >= 15 is 0 Å². The Labute approximate surface area is 196 Å². The lowest BCUT2D eigenvalue weighted by molar-refractivity contribution is 0.179. The summed E-state index contributed by atoms with van der Waals surface area (Å²) in [6, 6.07) is 11.5. The van der Waals surface area contributed by atoms with Gasteiger partial charge in [-0.15, -0.1) is 0 Å². The van der Waals surface area contributed by atoms with Crippen molar-refractivity contribution in [2.45, 2.75) is 39.1 Å². The van der Waals surface area contributed by atoms with Crippen molar-refractivity contribution in [1.29, 1.82) is 0 Å². The minimum absolute atomic E-state index is 0.443. The molecule has 2 heterocycles. The van der Waals surface area contributed by atoms with Gasteiger partial charge in [-0.3, -0.25) is 4.90 Å². The molecule has 0 amide bonds. The van der Waals surface area contributed by atoms with Crippen molar-refractivity contribution in [2.75, 3.05) is 33.3 Å². The fraction of sp³-hybridized carbons (Fsp3) is 0.400. The largest absolute Gasteiger partial charge is 0.497 e. The molecular weight excluding hydrogens is 438 g/mol. The molecule has 1 aromatic heterocycles. The monoisotopic (exact) mass is 469 g/mol. The maximum Gasteiger partial charge on any atom is 0.243 e. The molecule has 1 fully saturated rings. The zero-order chi connectivity index (χ0) is 23.8. The van der Waals surface area contributed by atoms with E-state index in [-0.39, 0.29) is 0 Å². The Hall–Kier alpha value is -2.68. The van der Waals surface area contributed by atoms with Gasteiger partial charge in [-0.2, -0.15) is 4.31 Å². The molecule has 33 heavy (non-hydrogen) atoms. The molecule has 0 spiro atoms. The fourth-order valence-corrected chi connectivity index (χ4v) is 6.31. The van der Waals surface area contributed by atoms with E-state index in [0.717, 1.165) is 39.5 Å². The number of aryl methyl sites for hydroxylation is 4. The maximum atomic E-state index is 13.3. The Balaban J connectivity index is 1.43. The predicted molar refractivity (Wildman–Crippen MR) is 128 cm³/mol. The number of hydrogen-bond donors (Lipinski definition) is 0.